The number of carbonyl (C=O) groups excluding carboxylic acids is 1. The first-order valence-corrected chi connectivity index (χ1v) is 8.34. The summed E-state index contributed by atoms with van der Waals surface area (Å²) in [7, 11) is 0. The third kappa shape index (κ3) is 4.83. The fourth-order valence-corrected chi connectivity index (χ4v) is 2.98. The average Bonchev–Trinajstić information content (AvgIpc) is 2.56. The number of benzene rings is 2. The van der Waals surface area contributed by atoms with Crippen LogP contribution >= 0.6 is 15.9 Å². The summed E-state index contributed by atoms with van der Waals surface area (Å²) in [5.41, 5.74) is 0.486. The van der Waals surface area contributed by atoms with Gasteiger partial charge in [0.05, 0.1) is 11.0 Å². The van der Waals surface area contributed by atoms with Crippen LogP contribution in [-0.2, 0) is 4.79 Å². The second kappa shape index (κ2) is 8.17. The van der Waals surface area contributed by atoms with Crippen molar-refractivity contribution >= 4 is 33.2 Å². The van der Waals surface area contributed by atoms with Gasteiger partial charge in [0.2, 0.25) is 11.7 Å². The Bertz CT molecular complexity index is 800. The van der Waals surface area contributed by atoms with Crippen molar-refractivity contribution in [3.05, 3.63) is 68.4 Å². The lowest BCUT2D eigenvalue weighted by molar-refractivity contribution is -0.387. The van der Waals surface area contributed by atoms with Crippen molar-refractivity contribution in [2.24, 2.45) is 0 Å². The van der Waals surface area contributed by atoms with Crippen LogP contribution in [0.15, 0.2) is 46.9 Å². The second-order valence-electron chi connectivity index (χ2n) is 5.54. The van der Waals surface area contributed by atoms with E-state index < -0.39 is 22.5 Å². The zero-order valence-electron chi connectivity index (χ0n) is 13.6. The number of nitrogens with one attached hydrogen (secondary N) is 2. The Morgan fingerprint density at radius 3 is 2.56 bits per heavy atom. The summed E-state index contributed by atoms with van der Waals surface area (Å²) < 4.78 is 14.3. The molecule has 0 aromatic heterocycles. The first kappa shape index (κ1) is 19.0. The van der Waals surface area contributed by atoms with Gasteiger partial charge in [0, 0.05) is 22.3 Å². The van der Waals surface area contributed by atoms with E-state index in [4.69, 9.17) is 0 Å². The molecule has 0 heterocycles. The van der Waals surface area contributed by atoms with Crippen molar-refractivity contribution in [3.63, 3.8) is 0 Å². The maximum atomic E-state index is 13.3. The monoisotopic (exact) mass is 409 g/mol. The minimum Gasteiger partial charge on any atom is -0.324 e. The molecule has 1 amide bonds. The molecule has 2 rings (SSSR count). The van der Waals surface area contributed by atoms with E-state index in [1.54, 1.807) is 6.92 Å². The van der Waals surface area contributed by atoms with Gasteiger partial charge in [-0.3, -0.25) is 20.2 Å². The Balaban J connectivity index is 2.04. The fraction of sp³-hybridized carbons (Fsp3) is 0.235. The van der Waals surface area contributed by atoms with E-state index in [-0.39, 0.29) is 17.6 Å². The van der Waals surface area contributed by atoms with Crippen molar-refractivity contribution in [3.8, 4) is 0 Å². The quantitative estimate of drug-likeness (QED) is 0.553. The molecule has 0 radical (unpaired) electrons. The molecule has 0 saturated carbocycles. The number of nitrogens with zero attached hydrogens (tertiary/aromatic N) is 1. The van der Waals surface area contributed by atoms with E-state index in [1.165, 1.54) is 6.07 Å². The van der Waals surface area contributed by atoms with Gasteiger partial charge in [-0.1, -0.05) is 34.1 Å². The van der Waals surface area contributed by atoms with Gasteiger partial charge < -0.3 is 5.32 Å². The third-order valence-electron chi connectivity index (χ3n) is 3.68. The van der Waals surface area contributed by atoms with Gasteiger partial charge in [-0.2, -0.15) is 4.39 Å². The normalized spacial score (nSPS) is 13.1. The minimum absolute atomic E-state index is 0.0983. The molecular weight excluding hydrogens is 393 g/mol. The highest BCUT2D eigenvalue weighted by molar-refractivity contribution is 9.10. The molecule has 0 unspecified atom stereocenters. The molecule has 0 aliphatic rings. The van der Waals surface area contributed by atoms with Gasteiger partial charge in [0.1, 0.15) is 0 Å². The smallest absolute Gasteiger partial charge is 0.306 e. The van der Waals surface area contributed by atoms with Crippen LogP contribution in [0.1, 0.15) is 25.5 Å². The summed E-state index contributed by atoms with van der Waals surface area (Å²) in [5.74, 6) is -1.32. The van der Waals surface area contributed by atoms with Crippen LogP contribution < -0.4 is 10.6 Å². The molecule has 6 nitrogen and oxygen atoms in total. The summed E-state index contributed by atoms with van der Waals surface area (Å²) in [6.07, 6.45) is 0. The molecule has 2 aromatic carbocycles. The molecule has 132 valence electrons. The highest BCUT2D eigenvalue weighted by Gasteiger charge is 2.20. The van der Waals surface area contributed by atoms with Crippen LogP contribution in [0.25, 0.3) is 0 Å². The molecule has 0 bridgehead atoms. The number of nitro groups is 1. The molecule has 2 N–H and O–H groups in total. The Kier molecular flexibility index (Phi) is 6.22. The first-order chi connectivity index (χ1) is 11.8. The minimum atomic E-state index is -0.947. The Morgan fingerprint density at radius 1 is 1.24 bits per heavy atom. The van der Waals surface area contributed by atoms with Crippen LogP contribution in [0.5, 0.6) is 0 Å². The van der Waals surface area contributed by atoms with Crippen LogP contribution in [0.3, 0.4) is 0 Å². The lowest BCUT2D eigenvalue weighted by Gasteiger charge is -2.21. The molecule has 25 heavy (non-hydrogen) atoms. The van der Waals surface area contributed by atoms with E-state index in [0.717, 1.165) is 22.2 Å². The largest absolute Gasteiger partial charge is 0.324 e. The van der Waals surface area contributed by atoms with Gasteiger partial charge in [-0.25, -0.2) is 0 Å². The van der Waals surface area contributed by atoms with Gasteiger partial charge in [0.15, 0.2) is 0 Å². The molecule has 0 aliphatic carbocycles. The highest BCUT2D eigenvalue weighted by Crippen LogP contribution is 2.24. The number of hydrogen-bond acceptors (Lipinski definition) is 4. The third-order valence-corrected chi connectivity index (χ3v) is 4.40. The lowest BCUT2D eigenvalue weighted by atomic mass is 10.1. The van der Waals surface area contributed by atoms with Crippen molar-refractivity contribution in [1.82, 2.24) is 5.32 Å². The van der Waals surface area contributed by atoms with Crippen molar-refractivity contribution in [2.75, 3.05) is 5.32 Å². The van der Waals surface area contributed by atoms with Gasteiger partial charge in [-0.15, -0.1) is 0 Å². The van der Waals surface area contributed by atoms with Crippen LogP contribution in [-0.4, -0.2) is 16.9 Å². The average molecular weight is 410 g/mol. The molecule has 2 atom stereocenters. The number of anilines is 1. The summed E-state index contributed by atoms with van der Waals surface area (Å²) in [6, 6.07) is 10.2. The standard InChI is InChI=1S/C17H17BrFN3O3/c1-10(13-5-3-4-6-14(13)18)20-11(2)17(23)21-12-7-8-15(19)16(9-12)22(24)25/h3-11,20H,1-2H3,(H,21,23)/t10-,11+/m1/s1. The maximum absolute atomic E-state index is 13.3. The number of rotatable bonds is 6. The number of halogens is 2. The Morgan fingerprint density at radius 2 is 1.92 bits per heavy atom. The summed E-state index contributed by atoms with van der Waals surface area (Å²) in [6.45, 7) is 3.60. The van der Waals surface area contributed by atoms with Gasteiger partial charge in [0.25, 0.3) is 0 Å². The fourth-order valence-electron chi connectivity index (χ4n) is 2.35. The van der Waals surface area contributed by atoms with Crippen molar-refractivity contribution in [1.29, 1.82) is 0 Å². The van der Waals surface area contributed by atoms with Crippen LogP contribution in [0.4, 0.5) is 15.8 Å². The van der Waals surface area contributed by atoms with Gasteiger partial charge in [-0.05, 0) is 37.6 Å². The van der Waals surface area contributed by atoms with Crippen LogP contribution in [0.2, 0.25) is 0 Å². The molecule has 0 aliphatic heterocycles. The Hall–Kier alpha value is -2.32. The number of hydrogen-bond donors (Lipinski definition) is 2. The van der Waals surface area contributed by atoms with E-state index in [9.17, 15) is 19.3 Å². The number of nitro benzene ring substituents is 1. The Labute approximate surface area is 152 Å². The SMILES string of the molecule is C[C@H](N[C@H](C)c1ccccc1Br)C(=O)Nc1ccc(F)c([N+](=O)[O-])c1. The first-order valence-electron chi connectivity index (χ1n) is 7.55. The lowest BCUT2D eigenvalue weighted by Crippen LogP contribution is -2.39. The summed E-state index contributed by atoms with van der Waals surface area (Å²) in [4.78, 5) is 22.2. The topological polar surface area (TPSA) is 84.3 Å². The van der Waals surface area contributed by atoms with Gasteiger partial charge >= 0.3 is 5.69 Å². The number of carbonyl (C=O) groups is 1. The molecule has 0 saturated heterocycles. The molecule has 0 fully saturated rings. The molecule has 8 heteroatoms. The highest BCUT2D eigenvalue weighted by atomic mass is 79.9. The predicted octanol–water partition coefficient (Wildman–Crippen LogP) is 4.17. The number of amides is 1. The zero-order valence-corrected chi connectivity index (χ0v) is 15.2. The molecular formula is C17H17BrFN3O3. The molecule has 2 aromatic rings. The van der Waals surface area contributed by atoms with E-state index >= 15 is 0 Å². The predicted molar refractivity (Wildman–Crippen MR) is 96.8 cm³/mol. The zero-order chi connectivity index (χ0) is 18.6. The van der Waals surface area contributed by atoms with Crippen molar-refractivity contribution in [2.45, 2.75) is 25.9 Å². The summed E-state index contributed by atoms with van der Waals surface area (Å²) >= 11 is 3.47. The maximum Gasteiger partial charge on any atom is 0.306 e. The summed E-state index contributed by atoms with van der Waals surface area (Å²) in [5, 5.41) is 16.5. The van der Waals surface area contributed by atoms with E-state index in [1.807, 2.05) is 31.2 Å². The molecule has 0 spiro atoms. The second-order valence-corrected chi connectivity index (χ2v) is 6.40. The van der Waals surface area contributed by atoms with Crippen LogP contribution in [0, 0.1) is 15.9 Å². The van der Waals surface area contributed by atoms with Crippen molar-refractivity contribution < 1.29 is 14.1 Å². The van der Waals surface area contributed by atoms with E-state index in [0.29, 0.717) is 0 Å². The van der Waals surface area contributed by atoms with E-state index in [2.05, 4.69) is 26.6 Å².